The van der Waals surface area contributed by atoms with E-state index >= 15 is 0 Å². The van der Waals surface area contributed by atoms with Gasteiger partial charge in [0.1, 0.15) is 23.9 Å². The molecule has 0 aromatic carbocycles. The normalized spacial score (nSPS) is 54.5. The van der Waals surface area contributed by atoms with Gasteiger partial charge in [0, 0.05) is 0 Å². The van der Waals surface area contributed by atoms with Crippen molar-refractivity contribution in [3.63, 3.8) is 0 Å². The largest absolute Gasteiger partial charge is 0.393 e. The van der Waals surface area contributed by atoms with Crippen molar-refractivity contribution in [3.8, 4) is 0 Å². The Morgan fingerprint density at radius 3 is 1.83 bits per heavy atom. The van der Waals surface area contributed by atoms with E-state index in [0.717, 1.165) is 0 Å². The Hall–Kier alpha value is -0.240. The fourth-order valence-corrected chi connectivity index (χ4v) is 1.39. The summed E-state index contributed by atoms with van der Waals surface area (Å²) in [7, 11) is 0. The van der Waals surface area contributed by atoms with Crippen LogP contribution in [0, 0.1) is 0 Å². The van der Waals surface area contributed by atoms with Crippen molar-refractivity contribution < 1.29 is 25.5 Å². The molecule has 0 aliphatic heterocycles. The molecule has 0 heterocycles. The van der Waals surface area contributed by atoms with Crippen molar-refractivity contribution in [3.05, 3.63) is 0 Å². The highest BCUT2D eigenvalue weighted by atomic mass is 16.4. The van der Waals surface area contributed by atoms with Crippen LogP contribution in [0.3, 0.4) is 0 Å². The summed E-state index contributed by atoms with van der Waals surface area (Å²) in [4.78, 5) is 0. The molecule has 1 aliphatic rings. The van der Waals surface area contributed by atoms with E-state index in [2.05, 4.69) is 0 Å². The maximum absolute atomic E-state index is 9.43. The molecule has 1 saturated carbocycles. The van der Waals surface area contributed by atoms with Gasteiger partial charge in [-0.25, -0.2) is 0 Å². The Balaban J connectivity index is 2.90. The summed E-state index contributed by atoms with van der Waals surface area (Å²) in [5.41, 5.74) is 3.25. The molecule has 0 bridgehead atoms. The van der Waals surface area contributed by atoms with Gasteiger partial charge in [-0.15, -0.1) is 0 Å². The van der Waals surface area contributed by atoms with Crippen LogP contribution in [-0.4, -0.2) is 62.1 Å². The first-order chi connectivity index (χ1) is 5.45. The average molecular weight is 179 g/mol. The summed E-state index contributed by atoms with van der Waals surface area (Å²) in [6, 6.07) is -1.24. The zero-order valence-electron chi connectivity index (χ0n) is 6.33. The van der Waals surface area contributed by atoms with Crippen molar-refractivity contribution in [1.29, 1.82) is 0 Å². The molecule has 0 amide bonds. The van der Waals surface area contributed by atoms with E-state index in [1.807, 2.05) is 0 Å². The van der Waals surface area contributed by atoms with Crippen LogP contribution >= 0.6 is 0 Å². The van der Waals surface area contributed by atoms with Crippen molar-refractivity contribution in [2.75, 3.05) is 6.61 Å². The van der Waals surface area contributed by atoms with Gasteiger partial charge in [0.25, 0.3) is 0 Å². The lowest BCUT2D eigenvalue weighted by Gasteiger charge is -2.28. The van der Waals surface area contributed by atoms with Crippen molar-refractivity contribution in [2.24, 2.45) is 5.73 Å². The first kappa shape index (κ1) is 9.85. The van der Waals surface area contributed by atoms with Crippen LogP contribution < -0.4 is 5.73 Å². The Labute approximate surface area is 68.9 Å². The summed E-state index contributed by atoms with van der Waals surface area (Å²) in [6.07, 6.45) is -4.55. The topological polar surface area (TPSA) is 127 Å². The van der Waals surface area contributed by atoms with Gasteiger partial charge >= 0.3 is 0 Å². The zero-order valence-corrected chi connectivity index (χ0v) is 6.33. The van der Waals surface area contributed by atoms with E-state index in [0.29, 0.717) is 0 Å². The molecule has 0 unspecified atom stereocenters. The van der Waals surface area contributed by atoms with Crippen molar-refractivity contribution in [2.45, 2.75) is 30.0 Å². The molecular formula is C6H13NO5. The van der Waals surface area contributed by atoms with Gasteiger partial charge < -0.3 is 31.3 Å². The molecule has 7 N–H and O–H groups in total. The Morgan fingerprint density at radius 2 is 1.67 bits per heavy atom. The van der Waals surface area contributed by atoms with Crippen LogP contribution in [0.15, 0.2) is 0 Å². The minimum Gasteiger partial charge on any atom is -0.393 e. The third kappa shape index (κ3) is 1.05. The number of nitrogens with two attached hydrogens (primary N) is 1. The number of aliphatic hydroxyl groups excluding tert-OH is 4. The van der Waals surface area contributed by atoms with Gasteiger partial charge in [0.05, 0.1) is 12.6 Å². The minimum atomic E-state index is -2.02. The third-order valence-corrected chi connectivity index (χ3v) is 2.38. The summed E-state index contributed by atoms with van der Waals surface area (Å²) in [5, 5.41) is 45.4. The lowest BCUT2D eigenvalue weighted by molar-refractivity contribution is -0.116. The van der Waals surface area contributed by atoms with Crippen molar-refractivity contribution >= 4 is 0 Å². The molecule has 72 valence electrons. The third-order valence-electron chi connectivity index (χ3n) is 2.38. The van der Waals surface area contributed by atoms with Gasteiger partial charge in [0.2, 0.25) is 0 Å². The molecule has 0 spiro atoms. The Bertz CT molecular complexity index is 161. The number of hydrogen-bond acceptors (Lipinski definition) is 6. The van der Waals surface area contributed by atoms with Crippen LogP contribution in [0.5, 0.6) is 0 Å². The summed E-state index contributed by atoms with van der Waals surface area (Å²) < 4.78 is 0. The minimum absolute atomic E-state index is 0.802. The predicted octanol–water partition coefficient (Wildman–Crippen LogP) is -3.87. The lowest BCUT2D eigenvalue weighted by Crippen LogP contribution is -2.55. The second-order valence-corrected chi connectivity index (χ2v) is 3.10. The number of hydrogen-bond donors (Lipinski definition) is 6. The van der Waals surface area contributed by atoms with Gasteiger partial charge in [-0.3, -0.25) is 0 Å². The van der Waals surface area contributed by atoms with Crippen LogP contribution in [0.1, 0.15) is 0 Å². The quantitative estimate of drug-likeness (QED) is 0.244. The predicted molar refractivity (Wildman–Crippen MR) is 38.0 cm³/mol. The van der Waals surface area contributed by atoms with Crippen LogP contribution in [-0.2, 0) is 0 Å². The van der Waals surface area contributed by atoms with E-state index in [-0.39, 0.29) is 0 Å². The first-order valence-corrected chi connectivity index (χ1v) is 3.58. The van der Waals surface area contributed by atoms with Gasteiger partial charge in [0.15, 0.2) is 0 Å². The van der Waals surface area contributed by atoms with E-state index in [1.165, 1.54) is 0 Å². The molecule has 1 rings (SSSR count). The average Bonchev–Trinajstić information content (AvgIpc) is 2.22. The second kappa shape index (κ2) is 2.91. The van der Waals surface area contributed by atoms with E-state index < -0.39 is 36.6 Å². The fourth-order valence-electron chi connectivity index (χ4n) is 1.39. The van der Waals surface area contributed by atoms with E-state index in [9.17, 15) is 5.11 Å². The smallest absolute Gasteiger partial charge is 0.134 e. The van der Waals surface area contributed by atoms with Gasteiger partial charge in [-0.1, -0.05) is 0 Å². The van der Waals surface area contributed by atoms with Crippen molar-refractivity contribution in [1.82, 2.24) is 0 Å². The standard InChI is InChI=1S/C6H13NO5/c7-4-2(9)3(10)5(11)6(4,12)1-8/h2-5,8-12H,1,7H2/t2-,3+,4-,5-,6-/m1/s1. The van der Waals surface area contributed by atoms with E-state index in [4.69, 9.17) is 26.2 Å². The molecule has 0 aromatic heterocycles. The molecule has 1 aliphatic carbocycles. The Morgan fingerprint density at radius 1 is 1.17 bits per heavy atom. The zero-order chi connectivity index (χ0) is 9.52. The molecule has 6 nitrogen and oxygen atoms in total. The molecule has 0 radical (unpaired) electrons. The Kier molecular flexibility index (Phi) is 2.39. The first-order valence-electron chi connectivity index (χ1n) is 3.58. The molecule has 12 heavy (non-hydrogen) atoms. The molecular weight excluding hydrogens is 166 g/mol. The number of rotatable bonds is 1. The summed E-state index contributed by atoms with van der Waals surface area (Å²) in [6.45, 7) is -0.802. The molecule has 5 atom stereocenters. The molecule has 6 heteroatoms. The highest BCUT2D eigenvalue weighted by molar-refractivity contribution is 5.11. The van der Waals surface area contributed by atoms with Crippen LogP contribution in [0.2, 0.25) is 0 Å². The second-order valence-electron chi connectivity index (χ2n) is 3.10. The fraction of sp³-hybridized carbons (Fsp3) is 1.00. The molecule has 1 fully saturated rings. The lowest BCUT2D eigenvalue weighted by atomic mass is 9.97. The highest BCUT2D eigenvalue weighted by Crippen LogP contribution is 2.29. The summed E-state index contributed by atoms with van der Waals surface area (Å²) in [5.74, 6) is 0. The number of aliphatic hydroxyl groups is 5. The monoisotopic (exact) mass is 179 g/mol. The highest BCUT2D eigenvalue weighted by Gasteiger charge is 2.57. The van der Waals surface area contributed by atoms with Crippen LogP contribution in [0.25, 0.3) is 0 Å². The van der Waals surface area contributed by atoms with Crippen LogP contribution in [0.4, 0.5) is 0 Å². The maximum atomic E-state index is 9.43. The van der Waals surface area contributed by atoms with Gasteiger partial charge in [-0.2, -0.15) is 0 Å². The molecule has 0 aromatic rings. The van der Waals surface area contributed by atoms with Gasteiger partial charge in [-0.05, 0) is 0 Å². The van der Waals surface area contributed by atoms with E-state index in [1.54, 1.807) is 0 Å². The molecule has 0 saturated heterocycles. The SMILES string of the molecule is N[C@@H]1[C@H](O)[C@H](O)[C@@H](O)[C@@]1(O)CO. The maximum Gasteiger partial charge on any atom is 0.134 e. The summed E-state index contributed by atoms with van der Waals surface area (Å²) >= 11 is 0.